The summed E-state index contributed by atoms with van der Waals surface area (Å²) in [5, 5.41) is 3.36. The molecule has 0 bridgehead atoms. The van der Waals surface area contributed by atoms with Gasteiger partial charge in [0.2, 0.25) is 5.95 Å². The number of nitrogens with zero attached hydrogens (tertiary/aromatic N) is 3. The van der Waals surface area contributed by atoms with Crippen molar-refractivity contribution in [3.05, 3.63) is 40.5 Å². The number of nitrogens with one attached hydrogen (secondary N) is 1. The molecule has 1 saturated heterocycles. The molecule has 1 aliphatic heterocycles. The van der Waals surface area contributed by atoms with Crippen LogP contribution in [0.25, 0.3) is 0 Å². The summed E-state index contributed by atoms with van der Waals surface area (Å²) in [6, 6.07) is 10.1. The van der Waals surface area contributed by atoms with E-state index in [4.69, 9.17) is 4.98 Å². The lowest BCUT2D eigenvalue weighted by molar-refractivity contribution is 0.442. The molecule has 1 N–H and O–H groups in total. The molecule has 0 aliphatic carbocycles. The van der Waals surface area contributed by atoms with Gasteiger partial charge in [-0.15, -0.1) is 0 Å². The standard InChI is InChI=1S/C17H21BrN4/c1-12-4-3-9-22(11-12)17-19-13(2)10-16(21-17)20-15-7-5-14(18)6-8-15/h5-8,10,12H,3-4,9,11H2,1-2H3,(H,19,20,21). The summed E-state index contributed by atoms with van der Waals surface area (Å²) in [5.74, 6) is 2.40. The number of aromatic nitrogens is 2. The maximum Gasteiger partial charge on any atom is 0.227 e. The van der Waals surface area contributed by atoms with Crippen molar-refractivity contribution in [2.75, 3.05) is 23.3 Å². The van der Waals surface area contributed by atoms with Crippen molar-refractivity contribution < 1.29 is 0 Å². The third-order valence-electron chi connectivity index (χ3n) is 3.90. The van der Waals surface area contributed by atoms with Gasteiger partial charge in [0.1, 0.15) is 5.82 Å². The average Bonchev–Trinajstić information content (AvgIpc) is 2.49. The van der Waals surface area contributed by atoms with Crippen molar-refractivity contribution >= 4 is 33.4 Å². The van der Waals surface area contributed by atoms with Crippen LogP contribution < -0.4 is 10.2 Å². The van der Waals surface area contributed by atoms with Crippen LogP contribution in [0.4, 0.5) is 17.5 Å². The second-order valence-corrected chi connectivity index (χ2v) is 6.94. The number of hydrogen-bond acceptors (Lipinski definition) is 4. The van der Waals surface area contributed by atoms with Crippen molar-refractivity contribution in [2.24, 2.45) is 5.92 Å². The zero-order valence-electron chi connectivity index (χ0n) is 13.0. The maximum atomic E-state index is 4.70. The lowest BCUT2D eigenvalue weighted by Gasteiger charge is -2.31. The summed E-state index contributed by atoms with van der Waals surface area (Å²) in [4.78, 5) is 11.6. The topological polar surface area (TPSA) is 41.1 Å². The van der Waals surface area contributed by atoms with Gasteiger partial charge in [0.15, 0.2) is 0 Å². The van der Waals surface area contributed by atoms with E-state index in [9.17, 15) is 0 Å². The van der Waals surface area contributed by atoms with Crippen LogP contribution in [0, 0.1) is 12.8 Å². The predicted octanol–water partition coefficient (Wildman–Crippen LogP) is 4.53. The highest BCUT2D eigenvalue weighted by atomic mass is 79.9. The van der Waals surface area contributed by atoms with E-state index < -0.39 is 0 Å². The zero-order valence-corrected chi connectivity index (χ0v) is 14.6. The number of piperidine rings is 1. The highest BCUT2D eigenvalue weighted by molar-refractivity contribution is 9.10. The first kappa shape index (κ1) is 15.3. The number of rotatable bonds is 3. The largest absolute Gasteiger partial charge is 0.340 e. The molecule has 0 radical (unpaired) electrons. The molecular formula is C17H21BrN4. The molecule has 1 unspecified atom stereocenters. The van der Waals surface area contributed by atoms with E-state index in [-0.39, 0.29) is 0 Å². The predicted molar refractivity (Wildman–Crippen MR) is 94.8 cm³/mol. The second-order valence-electron chi connectivity index (χ2n) is 6.02. The number of anilines is 3. The van der Waals surface area contributed by atoms with Gasteiger partial charge in [0, 0.05) is 35.0 Å². The molecule has 2 heterocycles. The molecule has 0 amide bonds. The Morgan fingerprint density at radius 2 is 2.00 bits per heavy atom. The Bertz CT molecular complexity index is 642. The summed E-state index contributed by atoms with van der Waals surface area (Å²) in [6.45, 7) is 6.40. The van der Waals surface area contributed by atoms with Crippen molar-refractivity contribution in [3.63, 3.8) is 0 Å². The Balaban J connectivity index is 1.81. The summed E-state index contributed by atoms with van der Waals surface area (Å²) in [5.41, 5.74) is 2.02. The van der Waals surface area contributed by atoms with Crippen LogP contribution in [-0.4, -0.2) is 23.1 Å². The van der Waals surface area contributed by atoms with Crippen LogP contribution in [-0.2, 0) is 0 Å². The quantitative estimate of drug-likeness (QED) is 0.872. The van der Waals surface area contributed by atoms with Crippen LogP contribution in [0.15, 0.2) is 34.8 Å². The van der Waals surface area contributed by atoms with E-state index in [0.29, 0.717) is 5.92 Å². The Hall–Kier alpha value is -1.62. The molecule has 1 atom stereocenters. The van der Waals surface area contributed by atoms with Crippen molar-refractivity contribution in [3.8, 4) is 0 Å². The Labute approximate surface area is 140 Å². The minimum atomic E-state index is 0.709. The first-order valence-corrected chi connectivity index (χ1v) is 8.53. The fourth-order valence-electron chi connectivity index (χ4n) is 2.81. The van der Waals surface area contributed by atoms with Crippen molar-refractivity contribution in [1.82, 2.24) is 9.97 Å². The van der Waals surface area contributed by atoms with E-state index in [1.54, 1.807) is 0 Å². The third-order valence-corrected chi connectivity index (χ3v) is 4.43. The van der Waals surface area contributed by atoms with Gasteiger partial charge in [-0.2, -0.15) is 4.98 Å². The molecule has 1 aromatic carbocycles. The van der Waals surface area contributed by atoms with Gasteiger partial charge in [-0.25, -0.2) is 4.98 Å². The van der Waals surface area contributed by atoms with E-state index in [1.807, 2.05) is 37.3 Å². The second kappa shape index (κ2) is 6.65. The summed E-state index contributed by atoms with van der Waals surface area (Å²) in [7, 11) is 0. The smallest absolute Gasteiger partial charge is 0.227 e. The Morgan fingerprint density at radius 1 is 1.23 bits per heavy atom. The average molecular weight is 361 g/mol. The molecule has 1 fully saturated rings. The molecule has 0 saturated carbocycles. The normalized spacial score (nSPS) is 18.3. The number of hydrogen-bond donors (Lipinski definition) is 1. The van der Waals surface area contributed by atoms with Gasteiger partial charge in [-0.05, 0) is 49.9 Å². The van der Waals surface area contributed by atoms with Gasteiger partial charge in [0.25, 0.3) is 0 Å². The van der Waals surface area contributed by atoms with E-state index >= 15 is 0 Å². The molecule has 1 aliphatic rings. The Morgan fingerprint density at radius 3 is 2.73 bits per heavy atom. The summed E-state index contributed by atoms with van der Waals surface area (Å²) < 4.78 is 1.07. The fraction of sp³-hybridized carbons (Fsp3) is 0.412. The zero-order chi connectivity index (χ0) is 15.5. The molecule has 1 aromatic heterocycles. The lowest BCUT2D eigenvalue weighted by Crippen LogP contribution is -2.35. The molecule has 3 rings (SSSR count). The van der Waals surface area contributed by atoms with Gasteiger partial charge >= 0.3 is 0 Å². The van der Waals surface area contributed by atoms with Gasteiger partial charge in [-0.3, -0.25) is 0 Å². The minimum absolute atomic E-state index is 0.709. The number of halogens is 1. The maximum absolute atomic E-state index is 4.70. The van der Waals surface area contributed by atoms with Gasteiger partial charge in [0.05, 0.1) is 0 Å². The van der Waals surface area contributed by atoms with Crippen molar-refractivity contribution in [2.45, 2.75) is 26.7 Å². The molecule has 2 aromatic rings. The van der Waals surface area contributed by atoms with Gasteiger partial charge < -0.3 is 10.2 Å². The summed E-state index contributed by atoms with van der Waals surface area (Å²) in [6.07, 6.45) is 2.51. The Kier molecular flexibility index (Phi) is 4.62. The molecule has 4 nitrogen and oxygen atoms in total. The van der Waals surface area contributed by atoms with E-state index in [1.165, 1.54) is 12.8 Å². The van der Waals surface area contributed by atoms with Crippen molar-refractivity contribution in [1.29, 1.82) is 0 Å². The van der Waals surface area contributed by atoms with Crippen LogP contribution in [0.5, 0.6) is 0 Å². The molecule has 5 heteroatoms. The molecular weight excluding hydrogens is 340 g/mol. The van der Waals surface area contributed by atoms with E-state index in [2.05, 4.69) is 38.1 Å². The van der Waals surface area contributed by atoms with Crippen LogP contribution in [0.2, 0.25) is 0 Å². The van der Waals surface area contributed by atoms with Crippen LogP contribution in [0.1, 0.15) is 25.5 Å². The first-order chi connectivity index (χ1) is 10.6. The SMILES string of the molecule is Cc1cc(Nc2ccc(Br)cc2)nc(N2CCCC(C)C2)n1. The van der Waals surface area contributed by atoms with Crippen LogP contribution in [0.3, 0.4) is 0 Å². The fourth-order valence-corrected chi connectivity index (χ4v) is 3.07. The lowest BCUT2D eigenvalue weighted by atomic mass is 10.0. The molecule has 0 spiro atoms. The van der Waals surface area contributed by atoms with E-state index in [0.717, 1.165) is 40.7 Å². The van der Waals surface area contributed by atoms with Gasteiger partial charge in [-0.1, -0.05) is 22.9 Å². The monoisotopic (exact) mass is 360 g/mol. The molecule has 116 valence electrons. The number of aryl methyl sites for hydroxylation is 1. The highest BCUT2D eigenvalue weighted by Gasteiger charge is 2.19. The first-order valence-electron chi connectivity index (χ1n) is 7.73. The number of benzene rings is 1. The highest BCUT2D eigenvalue weighted by Crippen LogP contribution is 2.23. The summed E-state index contributed by atoms with van der Waals surface area (Å²) >= 11 is 3.45. The minimum Gasteiger partial charge on any atom is -0.340 e. The van der Waals surface area contributed by atoms with Crippen LogP contribution >= 0.6 is 15.9 Å². The molecule has 22 heavy (non-hydrogen) atoms. The third kappa shape index (κ3) is 3.77.